The van der Waals surface area contributed by atoms with Crippen molar-refractivity contribution in [3.05, 3.63) is 92.8 Å². The molecule has 10 heteroatoms. The Kier molecular flexibility index (Phi) is 5.76. The summed E-state index contributed by atoms with van der Waals surface area (Å²) in [6, 6.07) is 16.3. The molecule has 2 aromatic carbocycles. The van der Waals surface area contributed by atoms with E-state index in [0.717, 1.165) is 22.4 Å². The van der Waals surface area contributed by atoms with Crippen LogP contribution in [0, 0.1) is 13.8 Å². The molecule has 35 heavy (non-hydrogen) atoms. The third-order valence-electron chi connectivity index (χ3n) is 5.30. The number of hydrogen-bond acceptors (Lipinski definition) is 7. The third kappa shape index (κ3) is 4.49. The van der Waals surface area contributed by atoms with Gasteiger partial charge in [-0.3, -0.25) is 14.3 Å². The predicted molar refractivity (Wildman–Crippen MR) is 132 cm³/mol. The van der Waals surface area contributed by atoms with Crippen LogP contribution in [0.4, 0.5) is 0 Å². The van der Waals surface area contributed by atoms with Gasteiger partial charge in [0.1, 0.15) is 0 Å². The zero-order valence-corrected chi connectivity index (χ0v) is 19.5. The molecule has 3 aromatic heterocycles. The fourth-order valence-electron chi connectivity index (χ4n) is 3.65. The largest absolute Gasteiger partial charge is 0.494 e. The average molecular weight is 487 g/mol. The summed E-state index contributed by atoms with van der Waals surface area (Å²) in [6.07, 6.45) is 3.31. The van der Waals surface area contributed by atoms with Gasteiger partial charge in [0.25, 0.3) is 5.56 Å². The number of para-hydroxylation sites is 1. The first-order chi connectivity index (χ1) is 16.9. The fourth-order valence-corrected chi connectivity index (χ4v) is 3.97. The molecule has 0 saturated carbocycles. The van der Waals surface area contributed by atoms with Crippen molar-refractivity contribution in [2.24, 2.45) is 0 Å². The number of nitrogens with zero attached hydrogens (tertiary/aromatic N) is 5. The molecule has 5 aromatic rings. The second-order valence-electron chi connectivity index (χ2n) is 7.88. The number of halogens is 1. The van der Waals surface area contributed by atoms with E-state index >= 15 is 0 Å². The SMILES string of the molecule is Cc1ccc(-c2nnc(/C=C/c3nnc(-c4cc(O)[nH]c(=O)c4)o3)n2-c2ccccc2C)c(Cl)c1. The molecule has 0 spiro atoms. The van der Waals surface area contributed by atoms with Gasteiger partial charge in [0.2, 0.25) is 11.8 Å². The monoisotopic (exact) mass is 486 g/mol. The van der Waals surface area contributed by atoms with Crippen LogP contribution >= 0.6 is 11.6 Å². The Morgan fingerprint density at radius 1 is 1.00 bits per heavy atom. The Hall–Kier alpha value is -4.50. The standard InChI is InChI=1S/C25H19ClN6O3/c1-14-7-8-17(18(26)11-14)24-30-28-20(32(24)19-6-4-3-5-15(19)2)9-10-23-29-31-25(35-23)16-12-21(33)27-22(34)13-16/h3-13H,1-2H3,(H2,27,33,34)/b10-9+. The minimum absolute atomic E-state index is 0.0959. The summed E-state index contributed by atoms with van der Waals surface area (Å²) in [7, 11) is 0. The molecular weight excluding hydrogens is 468 g/mol. The average Bonchev–Trinajstić information content (AvgIpc) is 3.45. The van der Waals surface area contributed by atoms with E-state index < -0.39 is 5.56 Å². The maximum Gasteiger partial charge on any atom is 0.251 e. The summed E-state index contributed by atoms with van der Waals surface area (Å²) in [6.45, 7) is 3.98. The van der Waals surface area contributed by atoms with Gasteiger partial charge in [0.05, 0.1) is 10.7 Å². The summed E-state index contributed by atoms with van der Waals surface area (Å²) >= 11 is 6.55. The topological polar surface area (TPSA) is 123 Å². The van der Waals surface area contributed by atoms with Crippen molar-refractivity contribution in [1.82, 2.24) is 29.9 Å². The second kappa shape index (κ2) is 9.03. The lowest BCUT2D eigenvalue weighted by molar-refractivity contribution is 0.451. The van der Waals surface area contributed by atoms with Gasteiger partial charge < -0.3 is 9.52 Å². The molecule has 3 heterocycles. The number of aromatic amines is 1. The highest BCUT2D eigenvalue weighted by Crippen LogP contribution is 2.31. The van der Waals surface area contributed by atoms with Gasteiger partial charge in [-0.25, -0.2) is 0 Å². The molecule has 0 aliphatic heterocycles. The van der Waals surface area contributed by atoms with Crippen LogP contribution in [0.25, 0.3) is 40.7 Å². The van der Waals surface area contributed by atoms with Gasteiger partial charge in [-0.15, -0.1) is 20.4 Å². The lowest BCUT2D eigenvalue weighted by Gasteiger charge is -2.12. The Morgan fingerprint density at radius 2 is 1.83 bits per heavy atom. The maximum atomic E-state index is 11.6. The summed E-state index contributed by atoms with van der Waals surface area (Å²) in [5.41, 5.74) is 3.54. The third-order valence-corrected chi connectivity index (χ3v) is 5.62. The van der Waals surface area contributed by atoms with E-state index in [2.05, 4.69) is 25.4 Å². The van der Waals surface area contributed by atoms with Crippen LogP contribution in [-0.2, 0) is 0 Å². The van der Waals surface area contributed by atoms with E-state index in [9.17, 15) is 9.90 Å². The summed E-state index contributed by atoms with van der Waals surface area (Å²) in [4.78, 5) is 13.9. The molecule has 0 saturated heterocycles. The van der Waals surface area contributed by atoms with E-state index in [1.807, 2.05) is 60.9 Å². The first-order valence-electron chi connectivity index (χ1n) is 10.6. The minimum atomic E-state index is -0.482. The molecule has 2 N–H and O–H groups in total. The number of hydrogen-bond donors (Lipinski definition) is 2. The van der Waals surface area contributed by atoms with Crippen LogP contribution in [0.1, 0.15) is 22.8 Å². The zero-order valence-electron chi connectivity index (χ0n) is 18.7. The van der Waals surface area contributed by atoms with E-state index in [1.165, 1.54) is 12.1 Å². The molecule has 9 nitrogen and oxygen atoms in total. The van der Waals surface area contributed by atoms with Gasteiger partial charge >= 0.3 is 0 Å². The van der Waals surface area contributed by atoms with Gasteiger partial charge in [-0.2, -0.15) is 0 Å². The molecule has 0 aliphatic carbocycles. The van der Waals surface area contributed by atoms with Gasteiger partial charge in [-0.05, 0) is 49.2 Å². The highest BCUT2D eigenvalue weighted by atomic mass is 35.5. The summed E-state index contributed by atoms with van der Waals surface area (Å²) < 4.78 is 7.55. The number of rotatable bonds is 5. The quantitative estimate of drug-likeness (QED) is 0.365. The molecule has 0 radical (unpaired) electrons. The molecule has 0 atom stereocenters. The van der Waals surface area contributed by atoms with Crippen molar-refractivity contribution in [3.8, 4) is 34.4 Å². The molecule has 0 unspecified atom stereocenters. The number of aryl methyl sites for hydroxylation is 2. The molecule has 174 valence electrons. The molecular formula is C25H19ClN6O3. The van der Waals surface area contributed by atoms with E-state index in [4.69, 9.17) is 16.0 Å². The van der Waals surface area contributed by atoms with Crippen molar-refractivity contribution in [2.75, 3.05) is 0 Å². The number of aromatic hydroxyl groups is 1. The second-order valence-corrected chi connectivity index (χ2v) is 8.29. The molecule has 0 amide bonds. The van der Waals surface area contributed by atoms with Gasteiger partial charge in [0.15, 0.2) is 17.5 Å². The van der Waals surface area contributed by atoms with Crippen molar-refractivity contribution in [2.45, 2.75) is 13.8 Å². The van der Waals surface area contributed by atoms with Crippen LogP contribution in [0.3, 0.4) is 0 Å². The van der Waals surface area contributed by atoms with Gasteiger partial charge in [-0.1, -0.05) is 35.9 Å². The number of pyridine rings is 1. The summed E-state index contributed by atoms with van der Waals surface area (Å²) in [5.74, 6) is 1.11. The number of nitrogens with one attached hydrogen (secondary N) is 1. The highest BCUT2D eigenvalue weighted by Gasteiger charge is 2.18. The zero-order chi connectivity index (χ0) is 24.5. The van der Waals surface area contributed by atoms with E-state index in [1.54, 1.807) is 12.2 Å². The Morgan fingerprint density at radius 3 is 2.60 bits per heavy atom. The van der Waals surface area contributed by atoms with Gasteiger partial charge in [0, 0.05) is 29.3 Å². The van der Waals surface area contributed by atoms with E-state index in [-0.39, 0.29) is 17.7 Å². The first-order valence-corrected chi connectivity index (χ1v) is 11.0. The molecule has 5 rings (SSSR count). The number of benzene rings is 2. The maximum absolute atomic E-state index is 11.6. The molecule has 0 fully saturated rings. The predicted octanol–water partition coefficient (Wildman–Crippen LogP) is 4.82. The van der Waals surface area contributed by atoms with Crippen molar-refractivity contribution in [3.63, 3.8) is 0 Å². The van der Waals surface area contributed by atoms with Crippen LogP contribution < -0.4 is 5.56 Å². The van der Waals surface area contributed by atoms with Crippen LogP contribution in [-0.4, -0.2) is 35.1 Å². The van der Waals surface area contributed by atoms with Crippen LogP contribution in [0.5, 0.6) is 5.88 Å². The first kappa shape index (κ1) is 22.3. The minimum Gasteiger partial charge on any atom is -0.494 e. The van der Waals surface area contributed by atoms with Crippen molar-refractivity contribution in [1.29, 1.82) is 0 Å². The number of aromatic nitrogens is 6. The Bertz CT molecular complexity index is 1630. The highest BCUT2D eigenvalue weighted by molar-refractivity contribution is 6.33. The van der Waals surface area contributed by atoms with Crippen LogP contribution in [0.2, 0.25) is 5.02 Å². The summed E-state index contributed by atoms with van der Waals surface area (Å²) in [5, 5.41) is 26.9. The van der Waals surface area contributed by atoms with E-state index in [0.29, 0.717) is 22.2 Å². The van der Waals surface area contributed by atoms with Crippen molar-refractivity contribution >= 4 is 23.8 Å². The molecule has 0 bridgehead atoms. The van der Waals surface area contributed by atoms with Crippen LogP contribution in [0.15, 0.2) is 63.8 Å². The lowest BCUT2D eigenvalue weighted by atomic mass is 10.1. The Balaban J connectivity index is 1.57. The lowest BCUT2D eigenvalue weighted by Crippen LogP contribution is -2.03. The number of H-pyrrole nitrogens is 1. The Labute approximate surface area is 204 Å². The normalized spacial score (nSPS) is 11.4. The van der Waals surface area contributed by atoms with Crippen molar-refractivity contribution < 1.29 is 9.52 Å². The smallest absolute Gasteiger partial charge is 0.251 e. The fraction of sp³-hybridized carbons (Fsp3) is 0.0800. The molecule has 0 aliphatic rings.